The number of furan rings is 1. The van der Waals surface area contributed by atoms with Crippen molar-refractivity contribution >= 4 is 17.8 Å². The first-order valence-corrected chi connectivity index (χ1v) is 9.95. The summed E-state index contributed by atoms with van der Waals surface area (Å²) in [6.07, 6.45) is 5.53. The maximum atomic E-state index is 12.4. The highest BCUT2D eigenvalue weighted by Gasteiger charge is 2.18. The number of rotatable bonds is 6. The third-order valence-corrected chi connectivity index (χ3v) is 5.44. The number of carbonyl (C=O) groups is 1. The Morgan fingerprint density at radius 1 is 1.24 bits per heavy atom. The van der Waals surface area contributed by atoms with Crippen molar-refractivity contribution in [2.24, 2.45) is 5.10 Å². The van der Waals surface area contributed by atoms with Gasteiger partial charge in [-0.3, -0.25) is 4.79 Å². The Morgan fingerprint density at radius 3 is 2.93 bits per heavy atom. The van der Waals surface area contributed by atoms with Gasteiger partial charge in [-0.05, 0) is 56.5 Å². The van der Waals surface area contributed by atoms with E-state index in [1.165, 1.54) is 5.56 Å². The molecule has 0 atom stereocenters. The summed E-state index contributed by atoms with van der Waals surface area (Å²) in [4.78, 5) is 14.5. The zero-order valence-electron chi connectivity index (χ0n) is 16.9. The van der Waals surface area contributed by atoms with Crippen LogP contribution in [0, 0.1) is 13.8 Å². The number of fused-ring (bicyclic) bond motifs is 1. The molecular formula is C23H26N4O2. The fourth-order valence-electron chi connectivity index (χ4n) is 3.92. The molecule has 1 aliphatic heterocycles. The summed E-state index contributed by atoms with van der Waals surface area (Å²) < 4.78 is 7.62. The lowest BCUT2D eigenvalue weighted by molar-refractivity contribution is -0.119. The van der Waals surface area contributed by atoms with E-state index in [1.807, 2.05) is 25.1 Å². The van der Waals surface area contributed by atoms with Crippen LogP contribution in [0.2, 0.25) is 0 Å². The number of nitrogens with zero attached hydrogens (tertiary/aromatic N) is 3. The number of amides is 1. The molecule has 4 rings (SSSR count). The molecular weight excluding hydrogens is 364 g/mol. The van der Waals surface area contributed by atoms with Crippen LogP contribution in [0.4, 0.5) is 5.69 Å². The fraction of sp³-hybridized carbons (Fsp3) is 0.304. The van der Waals surface area contributed by atoms with Crippen LogP contribution in [-0.2, 0) is 17.8 Å². The smallest absolute Gasteiger partial charge is 0.259 e. The van der Waals surface area contributed by atoms with Gasteiger partial charge in [-0.1, -0.05) is 18.2 Å². The van der Waals surface area contributed by atoms with E-state index in [9.17, 15) is 4.79 Å². The number of hydrazone groups is 1. The number of nitrogens with one attached hydrogen (secondary N) is 1. The number of aryl methyl sites for hydroxylation is 2. The van der Waals surface area contributed by atoms with Crippen LogP contribution in [0.1, 0.15) is 34.7 Å². The van der Waals surface area contributed by atoms with Gasteiger partial charge in [-0.15, -0.1) is 0 Å². The number of aromatic nitrogens is 1. The van der Waals surface area contributed by atoms with E-state index in [-0.39, 0.29) is 5.91 Å². The summed E-state index contributed by atoms with van der Waals surface area (Å²) in [7, 11) is 0. The summed E-state index contributed by atoms with van der Waals surface area (Å²) in [6, 6.07) is 14.2. The van der Waals surface area contributed by atoms with Crippen molar-refractivity contribution in [1.29, 1.82) is 0 Å². The van der Waals surface area contributed by atoms with Crippen LogP contribution in [-0.4, -0.2) is 29.8 Å². The van der Waals surface area contributed by atoms with Gasteiger partial charge in [-0.25, -0.2) is 5.43 Å². The van der Waals surface area contributed by atoms with Gasteiger partial charge in [0, 0.05) is 29.2 Å². The van der Waals surface area contributed by atoms with Gasteiger partial charge in [-0.2, -0.15) is 5.10 Å². The number of carbonyl (C=O) groups excluding carboxylic acids is 1. The Kier molecular flexibility index (Phi) is 5.51. The topological polar surface area (TPSA) is 62.8 Å². The van der Waals surface area contributed by atoms with Crippen molar-refractivity contribution in [3.63, 3.8) is 0 Å². The van der Waals surface area contributed by atoms with Gasteiger partial charge < -0.3 is 13.9 Å². The van der Waals surface area contributed by atoms with Gasteiger partial charge in [0.2, 0.25) is 0 Å². The van der Waals surface area contributed by atoms with Crippen LogP contribution < -0.4 is 10.3 Å². The number of hydrogen-bond donors (Lipinski definition) is 1. The molecule has 3 aromatic rings. The van der Waals surface area contributed by atoms with Crippen molar-refractivity contribution in [3.8, 4) is 0 Å². The Hall–Kier alpha value is -3.28. The monoisotopic (exact) mass is 390 g/mol. The second-order valence-electron chi connectivity index (χ2n) is 7.44. The summed E-state index contributed by atoms with van der Waals surface area (Å²) in [6.45, 7) is 5.98. The highest BCUT2D eigenvalue weighted by atomic mass is 16.3. The van der Waals surface area contributed by atoms with E-state index in [1.54, 1.807) is 12.5 Å². The molecule has 0 spiro atoms. The predicted octanol–water partition coefficient (Wildman–Crippen LogP) is 3.65. The second kappa shape index (κ2) is 8.39. The van der Waals surface area contributed by atoms with Crippen molar-refractivity contribution < 1.29 is 9.21 Å². The standard InChI is InChI=1S/C23H26N4O2/c1-17-13-20(18(2)27(17)15-21-9-6-12-29-21)14-24-25-23(28)16-26-11-5-8-19-7-3-4-10-22(19)26/h3-4,6-7,9-10,12-14H,5,8,11,15-16H2,1-2H3,(H,25,28)/b24-14-. The van der Waals surface area contributed by atoms with Crippen LogP contribution in [0.5, 0.6) is 0 Å². The van der Waals surface area contributed by atoms with Crippen LogP contribution in [0.3, 0.4) is 0 Å². The Balaban J connectivity index is 1.38. The molecule has 6 nitrogen and oxygen atoms in total. The summed E-state index contributed by atoms with van der Waals surface area (Å²) in [5.74, 6) is 0.799. The van der Waals surface area contributed by atoms with Gasteiger partial charge in [0.05, 0.1) is 25.6 Å². The molecule has 29 heavy (non-hydrogen) atoms. The van der Waals surface area contributed by atoms with Crippen molar-refractivity contribution in [2.75, 3.05) is 18.0 Å². The first kappa shape index (κ1) is 19.1. The molecule has 2 aromatic heterocycles. The minimum Gasteiger partial charge on any atom is -0.467 e. The maximum Gasteiger partial charge on any atom is 0.259 e. The molecule has 0 unspecified atom stereocenters. The average Bonchev–Trinajstić information content (AvgIpc) is 3.32. The number of hydrogen-bond acceptors (Lipinski definition) is 4. The van der Waals surface area contributed by atoms with E-state index in [4.69, 9.17) is 4.42 Å². The number of para-hydroxylation sites is 1. The third-order valence-electron chi connectivity index (χ3n) is 5.44. The Labute approximate surface area is 170 Å². The normalized spacial score (nSPS) is 13.7. The molecule has 0 fully saturated rings. The SMILES string of the molecule is Cc1cc(/C=N\NC(=O)CN2CCCc3ccccc32)c(C)n1Cc1ccco1. The summed E-state index contributed by atoms with van der Waals surface area (Å²) >= 11 is 0. The van der Waals surface area contributed by atoms with E-state index in [0.29, 0.717) is 13.1 Å². The summed E-state index contributed by atoms with van der Waals surface area (Å²) in [5, 5.41) is 4.19. The third kappa shape index (κ3) is 4.26. The molecule has 150 valence electrons. The lowest BCUT2D eigenvalue weighted by atomic mass is 10.0. The maximum absolute atomic E-state index is 12.4. The molecule has 1 aromatic carbocycles. The van der Waals surface area contributed by atoms with Crippen LogP contribution >= 0.6 is 0 Å². The fourth-order valence-corrected chi connectivity index (χ4v) is 3.92. The molecule has 0 aliphatic carbocycles. The summed E-state index contributed by atoms with van der Waals surface area (Å²) in [5.41, 5.74) is 8.32. The first-order valence-electron chi connectivity index (χ1n) is 9.95. The lowest BCUT2D eigenvalue weighted by Gasteiger charge is -2.30. The van der Waals surface area contributed by atoms with Crippen molar-refractivity contribution in [3.05, 3.63) is 77.0 Å². The zero-order valence-corrected chi connectivity index (χ0v) is 16.9. The molecule has 0 bridgehead atoms. The molecule has 6 heteroatoms. The van der Waals surface area contributed by atoms with Crippen molar-refractivity contribution in [2.45, 2.75) is 33.2 Å². The zero-order chi connectivity index (χ0) is 20.2. The molecule has 1 amide bonds. The Morgan fingerprint density at radius 2 is 2.10 bits per heavy atom. The first-order chi connectivity index (χ1) is 14.1. The highest BCUT2D eigenvalue weighted by Crippen LogP contribution is 2.26. The molecule has 0 saturated carbocycles. The molecule has 3 heterocycles. The van der Waals surface area contributed by atoms with E-state index < -0.39 is 0 Å². The molecule has 0 radical (unpaired) electrons. The van der Waals surface area contributed by atoms with E-state index in [0.717, 1.165) is 47.8 Å². The quantitative estimate of drug-likeness (QED) is 0.516. The lowest BCUT2D eigenvalue weighted by Crippen LogP contribution is -2.38. The second-order valence-corrected chi connectivity index (χ2v) is 7.44. The minimum atomic E-state index is -0.109. The van der Waals surface area contributed by atoms with Gasteiger partial charge in [0.25, 0.3) is 5.91 Å². The number of anilines is 1. The highest BCUT2D eigenvalue weighted by molar-refractivity contribution is 5.85. The van der Waals surface area contributed by atoms with Gasteiger partial charge in [0.1, 0.15) is 5.76 Å². The molecule has 1 N–H and O–H groups in total. The van der Waals surface area contributed by atoms with E-state index in [2.05, 4.69) is 51.2 Å². The predicted molar refractivity (Wildman–Crippen MR) is 114 cm³/mol. The number of benzene rings is 1. The average molecular weight is 390 g/mol. The molecule has 1 aliphatic rings. The van der Waals surface area contributed by atoms with Crippen LogP contribution in [0.25, 0.3) is 0 Å². The minimum absolute atomic E-state index is 0.109. The van der Waals surface area contributed by atoms with Crippen molar-refractivity contribution in [1.82, 2.24) is 9.99 Å². The van der Waals surface area contributed by atoms with E-state index >= 15 is 0 Å². The Bertz CT molecular complexity index is 1020. The van der Waals surface area contributed by atoms with Gasteiger partial charge in [0.15, 0.2) is 0 Å². The van der Waals surface area contributed by atoms with Gasteiger partial charge >= 0.3 is 0 Å². The largest absolute Gasteiger partial charge is 0.467 e. The van der Waals surface area contributed by atoms with Crippen LogP contribution in [0.15, 0.2) is 58.2 Å². The molecule has 0 saturated heterocycles.